The molecule has 1 aromatic rings. The molecule has 2 fully saturated rings. The maximum absolute atomic E-state index is 13.0. The van der Waals surface area contributed by atoms with Gasteiger partial charge in [-0.2, -0.15) is 4.31 Å². The summed E-state index contributed by atoms with van der Waals surface area (Å²) in [4.78, 5) is 23.7. The van der Waals surface area contributed by atoms with Crippen molar-refractivity contribution in [2.45, 2.75) is 50.3 Å². The van der Waals surface area contributed by atoms with Gasteiger partial charge in [0.2, 0.25) is 15.9 Å². The molecule has 2 aliphatic rings. The summed E-state index contributed by atoms with van der Waals surface area (Å²) in [5.74, 6) is -1.73. The number of nitrogens with one attached hydrogen (secondary N) is 1. The van der Waals surface area contributed by atoms with Crippen LogP contribution in [0.3, 0.4) is 0 Å². The molecular formula is C18H24N2O5S. The van der Waals surface area contributed by atoms with Crippen LogP contribution in [0.15, 0.2) is 23.1 Å². The first kappa shape index (κ1) is 18.8. The second-order valence-electron chi connectivity index (χ2n) is 7.14. The second kappa shape index (κ2) is 7.00. The zero-order chi connectivity index (χ0) is 18.9. The first-order valence-corrected chi connectivity index (χ1v) is 10.4. The van der Waals surface area contributed by atoms with Gasteiger partial charge >= 0.3 is 5.97 Å². The van der Waals surface area contributed by atoms with Crippen LogP contribution in [0.25, 0.3) is 0 Å². The number of carboxylic acid groups (broad SMARTS) is 1. The molecule has 1 saturated carbocycles. The van der Waals surface area contributed by atoms with Crippen molar-refractivity contribution >= 4 is 27.6 Å². The lowest BCUT2D eigenvalue weighted by atomic mass is 10.1. The summed E-state index contributed by atoms with van der Waals surface area (Å²) in [7, 11) is -3.64. The van der Waals surface area contributed by atoms with Crippen molar-refractivity contribution in [1.29, 1.82) is 0 Å². The molecule has 1 heterocycles. The third-order valence-corrected chi connectivity index (χ3v) is 7.26. The fourth-order valence-electron chi connectivity index (χ4n) is 3.29. The van der Waals surface area contributed by atoms with E-state index in [0.29, 0.717) is 37.2 Å². The van der Waals surface area contributed by atoms with Gasteiger partial charge < -0.3 is 10.4 Å². The van der Waals surface area contributed by atoms with E-state index in [4.69, 9.17) is 0 Å². The number of nitrogens with zero attached hydrogens (tertiary/aromatic N) is 1. The fourth-order valence-corrected chi connectivity index (χ4v) is 5.06. The van der Waals surface area contributed by atoms with Crippen molar-refractivity contribution in [3.63, 3.8) is 0 Å². The molecule has 7 nitrogen and oxygen atoms in total. The third kappa shape index (κ3) is 3.48. The fraction of sp³-hybridized carbons (Fsp3) is 0.556. The molecule has 0 radical (unpaired) electrons. The Bertz CT molecular complexity index is 822. The predicted molar refractivity (Wildman–Crippen MR) is 96.3 cm³/mol. The van der Waals surface area contributed by atoms with E-state index >= 15 is 0 Å². The molecule has 1 aromatic carbocycles. The molecule has 0 spiro atoms. The van der Waals surface area contributed by atoms with Crippen molar-refractivity contribution in [2.24, 2.45) is 5.41 Å². The van der Waals surface area contributed by atoms with Crippen molar-refractivity contribution in [3.8, 4) is 0 Å². The van der Waals surface area contributed by atoms with E-state index in [9.17, 15) is 23.1 Å². The lowest BCUT2D eigenvalue weighted by molar-refractivity contribution is -0.147. The number of benzene rings is 1. The van der Waals surface area contributed by atoms with E-state index in [-0.39, 0.29) is 4.90 Å². The molecule has 1 amide bonds. The molecule has 0 unspecified atom stereocenters. The largest absolute Gasteiger partial charge is 0.480 e. The normalized spacial score (nSPS) is 20.2. The number of hydrogen-bond acceptors (Lipinski definition) is 4. The van der Waals surface area contributed by atoms with Gasteiger partial charge in [-0.15, -0.1) is 0 Å². The van der Waals surface area contributed by atoms with Crippen molar-refractivity contribution in [1.82, 2.24) is 4.31 Å². The highest BCUT2D eigenvalue weighted by atomic mass is 32.2. The summed E-state index contributed by atoms with van der Waals surface area (Å²) in [6, 6.07) is 4.68. The van der Waals surface area contributed by atoms with Crippen LogP contribution in [-0.4, -0.2) is 42.8 Å². The molecule has 1 aliphatic carbocycles. The van der Waals surface area contributed by atoms with Crippen LogP contribution in [0.1, 0.15) is 44.1 Å². The Labute approximate surface area is 153 Å². The highest BCUT2D eigenvalue weighted by Gasteiger charge is 2.57. The zero-order valence-electron chi connectivity index (χ0n) is 14.8. The molecule has 0 aromatic heterocycles. The van der Waals surface area contributed by atoms with E-state index in [1.807, 2.05) is 0 Å². The Morgan fingerprint density at radius 3 is 2.27 bits per heavy atom. The standard InChI is InChI=1S/C18H24N2O5S/c1-13-6-7-14(19-16(21)18(8-9-18)17(22)23)12-15(13)26(24,25)20-10-4-2-3-5-11-20/h6-7,12H,2-5,8-11H2,1H3,(H,19,21)(H,22,23). The summed E-state index contributed by atoms with van der Waals surface area (Å²) in [5, 5.41) is 11.8. The average molecular weight is 380 g/mol. The Hall–Kier alpha value is -1.93. The lowest BCUT2D eigenvalue weighted by Gasteiger charge is -2.21. The third-order valence-electron chi connectivity index (χ3n) is 5.22. The van der Waals surface area contributed by atoms with Gasteiger partial charge in [-0.3, -0.25) is 9.59 Å². The molecule has 142 valence electrons. The summed E-state index contributed by atoms with van der Waals surface area (Å²) in [5.41, 5.74) is -0.456. The molecule has 26 heavy (non-hydrogen) atoms. The quantitative estimate of drug-likeness (QED) is 0.763. The number of carbonyl (C=O) groups is 2. The van der Waals surface area contributed by atoms with Crippen LogP contribution in [0, 0.1) is 12.3 Å². The summed E-state index contributed by atoms with van der Waals surface area (Å²) >= 11 is 0. The highest BCUT2D eigenvalue weighted by molar-refractivity contribution is 7.89. The predicted octanol–water partition coefficient (Wildman–Crippen LogP) is 2.36. The van der Waals surface area contributed by atoms with Gasteiger partial charge in [0, 0.05) is 18.8 Å². The van der Waals surface area contributed by atoms with E-state index < -0.39 is 27.3 Å². The molecular weight excluding hydrogens is 356 g/mol. The van der Waals surface area contributed by atoms with Crippen LogP contribution in [0.2, 0.25) is 0 Å². The Morgan fingerprint density at radius 2 is 1.73 bits per heavy atom. The number of aliphatic carboxylic acids is 1. The topological polar surface area (TPSA) is 104 Å². The van der Waals surface area contributed by atoms with E-state index in [2.05, 4.69) is 5.32 Å². The zero-order valence-corrected chi connectivity index (χ0v) is 15.6. The molecule has 8 heteroatoms. The maximum atomic E-state index is 13.0. The number of sulfonamides is 1. The van der Waals surface area contributed by atoms with Gasteiger partial charge in [-0.25, -0.2) is 8.42 Å². The second-order valence-corrected chi connectivity index (χ2v) is 9.05. The number of carboxylic acids is 1. The van der Waals surface area contributed by atoms with Gasteiger partial charge in [0.05, 0.1) is 4.90 Å². The first-order valence-electron chi connectivity index (χ1n) is 8.93. The van der Waals surface area contributed by atoms with Gasteiger partial charge in [-0.05, 0) is 50.3 Å². The SMILES string of the molecule is Cc1ccc(NC(=O)C2(C(=O)O)CC2)cc1S(=O)(=O)N1CCCCCC1. The number of carbonyl (C=O) groups excluding carboxylic acids is 1. The molecule has 0 atom stereocenters. The maximum Gasteiger partial charge on any atom is 0.319 e. The van der Waals surface area contributed by atoms with Crippen LogP contribution < -0.4 is 5.32 Å². The van der Waals surface area contributed by atoms with Crippen LogP contribution in [0.5, 0.6) is 0 Å². The molecule has 0 bridgehead atoms. The van der Waals surface area contributed by atoms with Crippen molar-refractivity contribution in [3.05, 3.63) is 23.8 Å². The van der Waals surface area contributed by atoms with Gasteiger partial charge in [-0.1, -0.05) is 18.9 Å². The van der Waals surface area contributed by atoms with Crippen molar-refractivity contribution < 1.29 is 23.1 Å². The van der Waals surface area contributed by atoms with Crippen LogP contribution >= 0.6 is 0 Å². The van der Waals surface area contributed by atoms with Gasteiger partial charge in [0.1, 0.15) is 5.41 Å². The monoisotopic (exact) mass is 380 g/mol. The highest BCUT2D eigenvalue weighted by Crippen LogP contribution is 2.46. The van der Waals surface area contributed by atoms with E-state index in [0.717, 1.165) is 25.7 Å². The number of hydrogen-bond donors (Lipinski definition) is 2. The van der Waals surface area contributed by atoms with Crippen molar-refractivity contribution in [2.75, 3.05) is 18.4 Å². The Morgan fingerprint density at radius 1 is 1.12 bits per heavy atom. The first-order chi connectivity index (χ1) is 12.3. The average Bonchev–Trinajstić information content (AvgIpc) is 3.41. The molecule has 1 saturated heterocycles. The molecule has 2 N–H and O–H groups in total. The summed E-state index contributed by atoms with van der Waals surface area (Å²) < 4.78 is 27.6. The van der Waals surface area contributed by atoms with E-state index in [1.165, 1.54) is 10.4 Å². The summed E-state index contributed by atoms with van der Waals surface area (Å²) in [6.45, 7) is 2.72. The molecule has 1 aliphatic heterocycles. The number of anilines is 1. The van der Waals surface area contributed by atoms with Crippen LogP contribution in [0.4, 0.5) is 5.69 Å². The number of amides is 1. The minimum Gasteiger partial charge on any atom is -0.480 e. The lowest BCUT2D eigenvalue weighted by Crippen LogP contribution is -2.33. The minimum atomic E-state index is -3.64. The molecule has 3 rings (SSSR count). The van der Waals surface area contributed by atoms with Crippen LogP contribution in [-0.2, 0) is 19.6 Å². The van der Waals surface area contributed by atoms with Gasteiger partial charge in [0.15, 0.2) is 0 Å². The Balaban J connectivity index is 1.85. The summed E-state index contributed by atoms with van der Waals surface area (Å²) in [6.07, 6.45) is 4.35. The van der Waals surface area contributed by atoms with Gasteiger partial charge in [0.25, 0.3) is 0 Å². The minimum absolute atomic E-state index is 0.164. The number of aryl methyl sites for hydroxylation is 1. The van der Waals surface area contributed by atoms with E-state index in [1.54, 1.807) is 19.1 Å². The number of rotatable bonds is 5. The Kier molecular flexibility index (Phi) is 5.07. The smallest absolute Gasteiger partial charge is 0.319 e.